The van der Waals surface area contributed by atoms with Gasteiger partial charge in [-0.1, -0.05) is 83.4 Å². The molecule has 2 unspecified atom stereocenters. The lowest BCUT2D eigenvalue weighted by molar-refractivity contribution is -0.347. The number of carbonyl (C=O) groups excluding carboxylic acids is 3. The van der Waals surface area contributed by atoms with Gasteiger partial charge in [-0.3, -0.25) is 28.1 Å². The van der Waals surface area contributed by atoms with Gasteiger partial charge < -0.3 is 93.8 Å². The Balaban J connectivity index is 1.02. The van der Waals surface area contributed by atoms with Crippen molar-refractivity contribution in [2.45, 2.75) is 185 Å². The molecule has 13 atom stereocenters. The normalized spacial score (nSPS) is 25.1. The van der Waals surface area contributed by atoms with Gasteiger partial charge in [0.1, 0.15) is 42.4 Å². The Morgan fingerprint density at radius 1 is 0.895 bits per heavy atom. The van der Waals surface area contributed by atoms with Gasteiger partial charge >= 0.3 is 0 Å². The van der Waals surface area contributed by atoms with E-state index >= 15 is 0 Å². The molecule has 2 aliphatic rings. The van der Waals surface area contributed by atoms with E-state index in [9.17, 15) is 73.2 Å². The van der Waals surface area contributed by atoms with Crippen LogP contribution in [0.2, 0.25) is 0 Å². The summed E-state index contributed by atoms with van der Waals surface area (Å²) >= 11 is 0.964. The predicted octanol–water partition coefficient (Wildman–Crippen LogP) is -0.559. The molecular weight excluding hydrogens is 1090 g/mol. The Morgan fingerprint density at radius 2 is 1.53 bits per heavy atom. The molecule has 0 saturated carbocycles. The number of amides is 2. The molecule has 436 valence electrons. The molecule has 0 aliphatic carbocycles. The number of anilines is 1. The minimum atomic E-state index is -5.94. The number of nitrogens with two attached hydrogens (primary N) is 1. The summed E-state index contributed by atoms with van der Waals surface area (Å²) in [5.41, 5.74) is 4.04. The molecule has 0 spiro atoms. The van der Waals surface area contributed by atoms with Crippen molar-refractivity contribution < 1.29 is 105 Å². The van der Waals surface area contributed by atoms with Gasteiger partial charge in [-0.2, -0.15) is 0 Å². The summed E-state index contributed by atoms with van der Waals surface area (Å²) in [6.07, 6.45) is -0.285. The number of aliphatic hydroxyl groups is 5. The van der Waals surface area contributed by atoms with E-state index in [0.717, 1.165) is 93.2 Å². The van der Waals surface area contributed by atoms with Crippen LogP contribution < -0.4 is 35.9 Å². The number of hydrogen-bond donors (Lipinski definition) is 8. The largest absolute Gasteiger partial charge is 0.790 e. The first-order chi connectivity index (χ1) is 35.6. The quantitative estimate of drug-likeness (QED) is 0.0317. The van der Waals surface area contributed by atoms with E-state index in [1.54, 1.807) is 6.92 Å². The molecule has 9 N–H and O–H groups in total. The molecule has 2 saturated heterocycles. The smallest absolute Gasteiger partial charge is 0.274 e. The molecule has 2 aromatic heterocycles. The Kier molecular flexibility index (Phi) is 26.7. The van der Waals surface area contributed by atoms with E-state index in [-0.39, 0.29) is 72.4 Å². The van der Waals surface area contributed by atoms with E-state index in [1.807, 2.05) is 6.92 Å². The van der Waals surface area contributed by atoms with Gasteiger partial charge in [0.25, 0.3) is 15.6 Å². The van der Waals surface area contributed by atoms with Gasteiger partial charge in [-0.05, 0) is 26.7 Å². The van der Waals surface area contributed by atoms with Gasteiger partial charge in [0.05, 0.1) is 51.8 Å². The second-order valence-electron chi connectivity index (χ2n) is 19.3. The van der Waals surface area contributed by atoms with E-state index in [4.69, 9.17) is 19.9 Å². The topological polar surface area (TPSA) is 454 Å². The van der Waals surface area contributed by atoms with Crippen LogP contribution in [0.25, 0.3) is 11.2 Å². The number of nitrogen functional groups attached to an aromatic ring is 1. The van der Waals surface area contributed by atoms with Gasteiger partial charge in [0.2, 0.25) is 11.8 Å². The second kappa shape index (κ2) is 30.8. The van der Waals surface area contributed by atoms with Crippen LogP contribution in [0.3, 0.4) is 0 Å². The van der Waals surface area contributed by atoms with E-state index < -0.39 is 109 Å². The van der Waals surface area contributed by atoms with Crippen LogP contribution in [-0.2, 0) is 60.2 Å². The summed E-state index contributed by atoms with van der Waals surface area (Å²) < 4.78 is 72.3. The summed E-state index contributed by atoms with van der Waals surface area (Å²) in [5.74, 6) is -1.39. The number of nitrogens with zero attached hydrogens (tertiary/aromatic N) is 4. The van der Waals surface area contributed by atoms with Crippen molar-refractivity contribution in [3.63, 3.8) is 0 Å². The zero-order valence-corrected chi connectivity index (χ0v) is 46.2. The summed E-state index contributed by atoms with van der Waals surface area (Å²) in [6, 6.07) is 0. The maximum atomic E-state index is 12.7. The highest BCUT2D eigenvalue weighted by molar-refractivity contribution is 8.13. The zero-order valence-electron chi connectivity index (χ0n) is 42.7. The van der Waals surface area contributed by atoms with E-state index in [0.29, 0.717) is 6.42 Å². The molecule has 2 fully saturated rings. The Labute approximate surface area is 444 Å². The van der Waals surface area contributed by atoms with Crippen LogP contribution in [0.5, 0.6) is 0 Å². The molecule has 0 radical (unpaired) electrons. The maximum absolute atomic E-state index is 12.7. The fourth-order valence-corrected chi connectivity index (χ4v) is 11.5. The number of imidazole rings is 1. The van der Waals surface area contributed by atoms with Crippen LogP contribution in [0, 0.1) is 5.41 Å². The van der Waals surface area contributed by atoms with Crippen molar-refractivity contribution in [3.05, 3.63) is 12.7 Å². The third-order valence-corrected chi connectivity index (χ3v) is 16.3. The van der Waals surface area contributed by atoms with Crippen molar-refractivity contribution in [2.24, 2.45) is 5.41 Å². The third kappa shape index (κ3) is 22.5. The SMILES string of the molecule is C[C@H](CCCCCCCCCCC[C@@H](O)CC(=O)SCCNC(=O)CCNC(=O)[C@H](O)C(C)(C)COP(=O)([O-])OP(=O)([O-])OC[C@H]1O[C@@H](n2cnc3c(N)ncnc32)[C@H](O)[C@@H]1OP(=O)([O-])[O-])O[C@@H]1O[C@@H](C)[C@H](O)C[C@H]1O. The standard InChI is InChI=1S/C43H76N7O22P3S/c1-26(68-42-30(53)21-29(52)27(2)69-42)14-12-10-8-6-5-7-9-11-13-15-28(51)20-33(55)76-19-18-45-32(54)16-17-46-40(58)37(57)43(3,4)23-67-75(64,65)72-74(62,63)66-22-31-36(71-73(59,60)61)35(56)41(70-31)50-25-49-34-38(44)47-24-48-39(34)50/h24-31,35-37,41-42,51-53,56-57H,5-23H2,1-4H3,(H,45,54)(H,46,58)(H,62,63)(H,64,65)(H2,44,47,48)(H2,59,60,61)/p-4/t26-,27+,28-,29-,30-,31-,35-,36-,37+,41-,42-/m1/s1. The number of nitrogens with one attached hydrogen (secondary N) is 2. The van der Waals surface area contributed by atoms with Crippen LogP contribution in [-0.4, -0.2) is 155 Å². The first-order valence-corrected chi connectivity index (χ1v) is 30.3. The molecule has 2 aromatic rings. The van der Waals surface area contributed by atoms with Crippen molar-refractivity contribution in [1.82, 2.24) is 30.2 Å². The average molecular weight is 1160 g/mol. The fourth-order valence-electron chi connectivity index (χ4n) is 8.04. The highest BCUT2D eigenvalue weighted by Crippen LogP contribution is 2.56. The lowest BCUT2D eigenvalue weighted by atomic mass is 9.87. The molecule has 2 amide bonds. The van der Waals surface area contributed by atoms with Crippen molar-refractivity contribution in [3.8, 4) is 0 Å². The summed E-state index contributed by atoms with van der Waals surface area (Å²) in [5, 5.41) is 56.4. The molecule has 33 heteroatoms. The lowest BCUT2D eigenvalue weighted by Crippen LogP contribution is -2.48. The molecule has 76 heavy (non-hydrogen) atoms. The first kappa shape index (κ1) is 65.9. The number of aromatic nitrogens is 4. The van der Waals surface area contributed by atoms with Gasteiger partial charge in [0, 0.05) is 43.5 Å². The van der Waals surface area contributed by atoms with Crippen LogP contribution in [0.4, 0.5) is 5.82 Å². The number of phosphoric ester groups is 3. The maximum Gasteiger partial charge on any atom is 0.274 e. The van der Waals surface area contributed by atoms with Crippen LogP contribution in [0.15, 0.2) is 12.7 Å². The molecule has 4 heterocycles. The van der Waals surface area contributed by atoms with Crippen LogP contribution >= 0.6 is 35.2 Å². The van der Waals surface area contributed by atoms with Gasteiger partial charge in [-0.15, -0.1) is 0 Å². The van der Waals surface area contributed by atoms with Gasteiger partial charge in [-0.25, -0.2) is 19.3 Å². The second-order valence-corrected chi connectivity index (χ2v) is 24.6. The van der Waals surface area contributed by atoms with Crippen molar-refractivity contribution in [1.29, 1.82) is 0 Å². The third-order valence-electron chi connectivity index (χ3n) is 12.3. The number of phosphoric acid groups is 3. The Bertz CT molecular complexity index is 2300. The number of hydrogen-bond acceptors (Lipinski definition) is 27. The highest BCUT2D eigenvalue weighted by atomic mass is 32.2. The van der Waals surface area contributed by atoms with Crippen molar-refractivity contribution >= 4 is 69.1 Å². The Morgan fingerprint density at radius 3 is 2.18 bits per heavy atom. The molecule has 29 nitrogen and oxygen atoms in total. The lowest BCUT2D eigenvalue weighted by Gasteiger charge is -2.36. The van der Waals surface area contributed by atoms with E-state index in [1.165, 1.54) is 13.8 Å². The molecule has 0 bridgehead atoms. The minimum absolute atomic E-state index is 0.0227. The summed E-state index contributed by atoms with van der Waals surface area (Å²) in [4.78, 5) is 97.2. The van der Waals surface area contributed by atoms with Crippen LogP contribution in [0.1, 0.15) is 124 Å². The number of aliphatic hydroxyl groups excluding tert-OH is 5. The Hall–Kier alpha value is -2.64. The first-order valence-electron chi connectivity index (χ1n) is 24.9. The molecular formula is C43H72N7O22P3S-4. The average Bonchev–Trinajstić information content (AvgIpc) is 3.89. The predicted molar refractivity (Wildman–Crippen MR) is 261 cm³/mol. The summed E-state index contributed by atoms with van der Waals surface area (Å²) in [7, 11) is -17.7. The number of ether oxygens (including phenoxy) is 3. The highest BCUT2D eigenvalue weighted by Gasteiger charge is 2.47. The zero-order chi connectivity index (χ0) is 56.4. The fraction of sp³-hybridized carbons (Fsp3) is 0.814. The number of rotatable bonds is 35. The number of fused-ring (bicyclic) bond motifs is 1. The number of unbranched alkanes of at least 4 members (excludes halogenated alkanes) is 8. The number of carbonyl (C=O) groups is 3. The molecule has 2 aliphatic heterocycles. The monoisotopic (exact) mass is 1160 g/mol. The van der Waals surface area contributed by atoms with E-state index in [2.05, 4.69) is 43.5 Å². The minimum Gasteiger partial charge on any atom is -0.790 e. The molecule has 0 aromatic carbocycles. The van der Waals surface area contributed by atoms with Gasteiger partial charge in [0.15, 0.2) is 29.1 Å². The molecule has 4 rings (SSSR count). The summed E-state index contributed by atoms with van der Waals surface area (Å²) in [6.45, 7) is 3.64. The number of thioether (sulfide) groups is 1. The van der Waals surface area contributed by atoms with Crippen molar-refractivity contribution in [2.75, 3.05) is 37.8 Å².